The van der Waals surface area contributed by atoms with Crippen LogP contribution in [0.3, 0.4) is 0 Å². The summed E-state index contributed by atoms with van der Waals surface area (Å²) in [5, 5.41) is 14.9. The van der Waals surface area contributed by atoms with Crippen LogP contribution in [-0.2, 0) is 16.1 Å². The highest BCUT2D eigenvalue weighted by molar-refractivity contribution is 6.31. The van der Waals surface area contributed by atoms with Gasteiger partial charge in [0, 0.05) is 59.8 Å². The van der Waals surface area contributed by atoms with Gasteiger partial charge in [-0.25, -0.2) is 4.98 Å². The second-order valence-electron chi connectivity index (χ2n) is 9.93. The number of methoxy groups -OCH3 is 1. The Morgan fingerprint density at radius 1 is 0.975 bits per heavy atom. The number of aliphatic carboxylic acids is 1. The second kappa shape index (κ2) is 12.1. The van der Waals surface area contributed by atoms with E-state index >= 15 is 0 Å². The van der Waals surface area contributed by atoms with Gasteiger partial charge in [-0.05, 0) is 61.6 Å². The number of nitrogens with zero attached hydrogens (tertiary/aromatic N) is 3. The number of hydrogen-bond donors (Lipinski definition) is 2. The summed E-state index contributed by atoms with van der Waals surface area (Å²) in [5.74, 6) is -0.468. The SMILES string of the molecule is COc1ccc2nc3cc(Cl)ccc3c(Nc3ccc(OC(=O)CCC(=O)O)c(CN4CCN(C)CC4)c3)c2c1. The predicted octanol–water partition coefficient (Wildman–Crippen LogP) is 5.31. The Morgan fingerprint density at radius 3 is 2.52 bits per heavy atom. The summed E-state index contributed by atoms with van der Waals surface area (Å²) in [6.07, 6.45) is -0.468. The number of carboxylic acids is 1. The van der Waals surface area contributed by atoms with Gasteiger partial charge in [-0.1, -0.05) is 11.6 Å². The van der Waals surface area contributed by atoms with Crippen molar-refractivity contribution in [3.05, 3.63) is 65.2 Å². The van der Waals surface area contributed by atoms with Gasteiger partial charge in [-0.2, -0.15) is 0 Å². The maximum Gasteiger partial charge on any atom is 0.311 e. The lowest BCUT2D eigenvalue weighted by Crippen LogP contribution is -2.43. The number of likely N-dealkylation sites (N-methyl/N-ethyl adjacent to an activating group) is 1. The van der Waals surface area contributed by atoms with Crippen molar-refractivity contribution in [2.24, 2.45) is 0 Å². The molecule has 2 N–H and O–H groups in total. The zero-order valence-corrected chi connectivity index (χ0v) is 23.2. The number of nitrogens with one attached hydrogen (secondary N) is 1. The van der Waals surface area contributed by atoms with Crippen molar-refractivity contribution in [1.82, 2.24) is 14.8 Å². The summed E-state index contributed by atoms with van der Waals surface area (Å²) >= 11 is 6.29. The number of carbonyl (C=O) groups excluding carboxylic acids is 1. The lowest BCUT2D eigenvalue weighted by Gasteiger charge is -2.32. The molecule has 0 amide bonds. The molecule has 0 bridgehead atoms. The number of rotatable bonds is 9. The van der Waals surface area contributed by atoms with E-state index in [1.54, 1.807) is 13.2 Å². The van der Waals surface area contributed by atoms with E-state index in [0.29, 0.717) is 23.1 Å². The number of fused-ring (bicyclic) bond motifs is 2. The zero-order chi connectivity index (χ0) is 28.2. The maximum absolute atomic E-state index is 12.4. The molecule has 0 spiro atoms. The number of halogens is 1. The number of ether oxygens (including phenoxy) is 2. The van der Waals surface area contributed by atoms with Crippen LogP contribution in [0, 0.1) is 0 Å². The molecule has 2 heterocycles. The number of aromatic nitrogens is 1. The minimum absolute atomic E-state index is 0.192. The standard InChI is InChI=1S/C30H31ClN4O5/c1-34-11-13-35(14-12-34)18-19-15-21(4-8-27(19)40-29(38)10-9-28(36)37)32-30-23-6-3-20(31)16-26(23)33-25-7-5-22(39-2)17-24(25)30/h3-8,15-17H,9-14,18H2,1-2H3,(H,32,33)(H,36,37). The van der Waals surface area contributed by atoms with E-state index in [9.17, 15) is 9.59 Å². The normalized spacial score (nSPS) is 14.4. The monoisotopic (exact) mass is 562 g/mol. The van der Waals surface area contributed by atoms with Gasteiger partial charge in [0.1, 0.15) is 11.5 Å². The molecule has 3 aromatic carbocycles. The molecule has 10 heteroatoms. The molecule has 9 nitrogen and oxygen atoms in total. The summed E-state index contributed by atoms with van der Waals surface area (Å²) in [6.45, 7) is 4.27. The van der Waals surface area contributed by atoms with Crippen molar-refractivity contribution in [1.29, 1.82) is 0 Å². The first kappa shape index (κ1) is 27.6. The Bertz CT molecular complexity index is 1570. The van der Waals surface area contributed by atoms with Gasteiger partial charge < -0.3 is 24.8 Å². The van der Waals surface area contributed by atoms with Crippen molar-refractivity contribution >= 4 is 56.7 Å². The van der Waals surface area contributed by atoms with E-state index < -0.39 is 11.9 Å². The van der Waals surface area contributed by atoms with Crippen molar-refractivity contribution in [2.75, 3.05) is 45.7 Å². The molecule has 0 radical (unpaired) electrons. The minimum atomic E-state index is -1.04. The van der Waals surface area contributed by atoms with E-state index in [0.717, 1.165) is 64.9 Å². The van der Waals surface area contributed by atoms with Crippen LogP contribution in [0.4, 0.5) is 11.4 Å². The van der Waals surface area contributed by atoms with Crippen LogP contribution in [0.15, 0.2) is 54.6 Å². The third-order valence-electron chi connectivity index (χ3n) is 7.03. The predicted molar refractivity (Wildman–Crippen MR) is 156 cm³/mol. The number of hydrogen-bond acceptors (Lipinski definition) is 8. The second-order valence-corrected chi connectivity index (χ2v) is 10.4. The highest BCUT2D eigenvalue weighted by Crippen LogP contribution is 2.37. The van der Waals surface area contributed by atoms with Gasteiger partial charge >= 0.3 is 11.9 Å². The van der Waals surface area contributed by atoms with Gasteiger partial charge in [0.2, 0.25) is 0 Å². The van der Waals surface area contributed by atoms with Crippen LogP contribution in [0.25, 0.3) is 21.8 Å². The molecule has 208 valence electrons. The summed E-state index contributed by atoms with van der Waals surface area (Å²) in [5.41, 5.74) is 4.05. The molecule has 0 saturated carbocycles. The number of piperazine rings is 1. The zero-order valence-electron chi connectivity index (χ0n) is 22.4. The first-order valence-electron chi connectivity index (χ1n) is 13.1. The fraction of sp³-hybridized carbons (Fsp3) is 0.300. The van der Waals surface area contributed by atoms with Crippen LogP contribution >= 0.6 is 11.6 Å². The van der Waals surface area contributed by atoms with E-state index in [1.807, 2.05) is 48.5 Å². The first-order chi connectivity index (χ1) is 19.3. The summed E-state index contributed by atoms with van der Waals surface area (Å²) in [6, 6.07) is 16.9. The summed E-state index contributed by atoms with van der Waals surface area (Å²) in [7, 11) is 3.73. The summed E-state index contributed by atoms with van der Waals surface area (Å²) in [4.78, 5) is 32.7. The molecule has 1 aromatic heterocycles. The van der Waals surface area contributed by atoms with E-state index in [4.69, 9.17) is 31.2 Å². The minimum Gasteiger partial charge on any atom is -0.497 e. The maximum atomic E-state index is 12.4. The Labute approximate surface area is 237 Å². The van der Waals surface area contributed by atoms with Crippen LogP contribution in [0.5, 0.6) is 11.5 Å². The van der Waals surface area contributed by atoms with Gasteiger partial charge in [0.15, 0.2) is 0 Å². The molecule has 0 atom stereocenters. The lowest BCUT2D eigenvalue weighted by molar-refractivity contribution is -0.142. The fourth-order valence-corrected chi connectivity index (χ4v) is 4.98. The molecule has 1 saturated heterocycles. The third kappa shape index (κ3) is 6.44. The van der Waals surface area contributed by atoms with Crippen molar-refractivity contribution in [2.45, 2.75) is 19.4 Å². The van der Waals surface area contributed by atoms with Gasteiger partial charge in [-0.3, -0.25) is 14.5 Å². The van der Waals surface area contributed by atoms with Crippen LogP contribution < -0.4 is 14.8 Å². The number of anilines is 2. The van der Waals surface area contributed by atoms with Crippen LogP contribution in [0.2, 0.25) is 5.02 Å². The highest BCUT2D eigenvalue weighted by atomic mass is 35.5. The van der Waals surface area contributed by atoms with Crippen LogP contribution in [0.1, 0.15) is 18.4 Å². The number of carbonyl (C=O) groups is 2. The Kier molecular flexibility index (Phi) is 8.35. The smallest absolute Gasteiger partial charge is 0.311 e. The quantitative estimate of drug-likeness (QED) is 0.159. The van der Waals surface area contributed by atoms with Gasteiger partial charge in [0.25, 0.3) is 0 Å². The Hall–Kier alpha value is -3.92. The third-order valence-corrected chi connectivity index (χ3v) is 7.26. The molecule has 1 aliphatic rings. The van der Waals surface area contributed by atoms with Crippen molar-refractivity contribution in [3.63, 3.8) is 0 Å². The van der Waals surface area contributed by atoms with E-state index in [1.165, 1.54) is 0 Å². The first-order valence-corrected chi connectivity index (χ1v) is 13.5. The molecule has 1 fully saturated rings. The van der Waals surface area contributed by atoms with Crippen molar-refractivity contribution in [3.8, 4) is 11.5 Å². The molecular formula is C30H31ClN4O5. The van der Waals surface area contributed by atoms with Gasteiger partial charge in [-0.15, -0.1) is 0 Å². The Balaban J connectivity index is 1.53. The number of carboxylic acid groups (broad SMARTS) is 1. The number of esters is 1. The van der Waals surface area contributed by atoms with Crippen LogP contribution in [-0.4, -0.2) is 72.2 Å². The largest absolute Gasteiger partial charge is 0.497 e. The van der Waals surface area contributed by atoms with Crippen molar-refractivity contribution < 1.29 is 24.2 Å². The molecule has 4 aromatic rings. The summed E-state index contributed by atoms with van der Waals surface area (Å²) < 4.78 is 11.1. The molecular weight excluding hydrogens is 532 g/mol. The number of benzene rings is 3. The molecule has 1 aliphatic heterocycles. The number of pyridine rings is 1. The molecule has 0 aliphatic carbocycles. The van der Waals surface area contributed by atoms with E-state index in [-0.39, 0.29) is 12.8 Å². The fourth-order valence-electron chi connectivity index (χ4n) is 4.81. The molecule has 0 unspecified atom stereocenters. The average Bonchev–Trinajstić information content (AvgIpc) is 2.94. The molecule has 5 rings (SSSR count). The molecule has 40 heavy (non-hydrogen) atoms. The Morgan fingerprint density at radius 2 is 1.77 bits per heavy atom. The van der Waals surface area contributed by atoms with Gasteiger partial charge in [0.05, 0.1) is 36.7 Å². The lowest BCUT2D eigenvalue weighted by atomic mass is 10.1. The topological polar surface area (TPSA) is 104 Å². The average molecular weight is 563 g/mol. The highest BCUT2D eigenvalue weighted by Gasteiger charge is 2.19. The van der Waals surface area contributed by atoms with E-state index in [2.05, 4.69) is 22.2 Å².